The number of oxime groups is 1. The van der Waals surface area contributed by atoms with Crippen LogP contribution in [0, 0.1) is 0 Å². The summed E-state index contributed by atoms with van der Waals surface area (Å²) in [6, 6.07) is 9.55. The smallest absolute Gasteiger partial charge is 0.264 e. The van der Waals surface area contributed by atoms with E-state index in [-0.39, 0.29) is 11.9 Å². The molecule has 0 radical (unpaired) electrons. The molecule has 3 rings (SSSR count). The maximum atomic E-state index is 12.2. The van der Waals surface area contributed by atoms with Crippen molar-refractivity contribution in [3.05, 3.63) is 35.9 Å². The van der Waals surface area contributed by atoms with E-state index in [0.717, 1.165) is 37.0 Å². The molecule has 5 heteroatoms. The van der Waals surface area contributed by atoms with Crippen LogP contribution in [0.25, 0.3) is 0 Å². The van der Waals surface area contributed by atoms with E-state index in [1.165, 1.54) is 0 Å². The van der Waals surface area contributed by atoms with Gasteiger partial charge in [-0.2, -0.15) is 0 Å². The lowest BCUT2D eigenvalue weighted by Gasteiger charge is -2.28. The standard InChI is InChI=1S/C16H20N2O3/c19-14-9-5-4-8-12(14)17-16(20)15-10-13(18-21-15)11-6-2-1-3-7-11/h1-3,6-7,12,14-15,19H,4-5,8-10H2,(H,17,20). The van der Waals surface area contributed by atoms with Crippen LogP contribution in [-0.4, -0.2) is 35.0 Å². The molecule has 1 amide bonds. The van der Waals surface area contributed by atoms with Crippen LogP contribution >= 0.6 is 0 Å². The number of nitrogens with zero attached hydrogens (tertiary/aromatic N) is 1. The second-order valence-corrected chi connectivity index (χ2v) is 5.67. The van der Waals surface area contributed by atoms with Gasteiger partial charge in [0.1, 0.15) is 0 Å². The van der Waals surface area contributed by atoms with E-state index in [9.17, 15) is 9.90 Å². The van der Waals surface area contributed by atoms with Crippen LogP contribution in [-0.2, 0) is 9.63 Å². The van der Waals surface area contributed by atoms with Crippen molar-refractivity contribution in [1.29, 1.82) is 0 Å². The fourth-order valence-electron chi connectivity index (χ4n) is 2.87. The summed E-state index contributed by atoms with van der Waals surface area (Å²) in [5.74, 6) is -0.185. The Bertz CT molecular complexity index is 530. The van der Waals surface area contributed by atoms with Crippen LogP contribution in [0.4, 0.5) is 0 Å². The summed E-state index contributed by atoms with van der Waals surface area (Å²) in [5.41, 5.74) is 1.77. The molecule has 1 aliphatic heterocycles. The van der Waals surface area contributed by atoms with E-state index in [1.54, 1.807) is 0 Å². The molecule has 1 fully saturated rings. The molecule has 2 aliphatic rings. The Morgan fingerprint density at radius 3 is 2.76 bits per heavy atom. The molecule has 1 aromatic carbocycles. The molecule has 0 spiro atoms. The van der Waals surface area contributed by atoms with Gasteiger partial charge in [0.15, 0.2) is 0 Å². The summed E-state index contributed by atoms with van der Waals surface area (Å²) in [7, 11) is 0. The van der Waals surface area contributed by atoms with E-state index in [2.05, 4.69) is 10.5 Å². The van der Waals surface area contributed by atoms with E-state index in [1.807, 2.05) is 30.3 Å². The van der Waals surface area contributed by atoms with Crippen LogP contribution in [0.1, 0.15) is 37.7 Å². The van der Waals surface area contributed by atoms with E-state index < -0.39 is 12.2 Å². The van der Waals surface area contributed by atoms with Gasteiger partial charge in [-0.3, -0.25) is 4.79 Å². The van der Waals surface area contributed by atoms with E-state index in [0.29, 0.717) is 6.42 Å². The lowest BCUT2D eigenvalue weighted by molar-refractivity contribution is -0.133. The average molecular weight is 288 g/mol. The van der Waals surface area contributed by atoms with Crippen LogP contribution < -0.4 is 5.32 Å². The molecule has 1 aromatic rings. The van der Waals surface area contributed by atoms with Crippen LogP contribution in [0.3, 0.4) is 0 Å². The summed E-state index contributed by atoms with van der Waals surface area (Å²) >= 11 is 0. The molecule has 5 nitrogen and oxygen atoms in total. The van der Waals surface area contributed by atoms with Crippen molar-refractivity contribution in [2.75, 3.05) is 0 Å². The number of hydrogen-bond donors (Lipinski definition) is 2. The molecule has 0 bridgehead atoms. The maximum Gasteiger partial charge on any atom is 0.264 e. The van der Waals surface area contributed by atoms with Gasteiger partial charge in [0, 0.05) is 6.42 Å². The number of rotatable bonds is 3. The monoisotopic (exact) mass is 288 g/mol. The minimum atomic E-state index is -0.589. The quantitative estimate of drug-likeness (QED) is 0.887. The molecule has 0 saturated heterocycles. The normalized spacial score (nSPS) is 28.6. The van der Waals surface area contributed by atoms with Crippen LogP contribution in [0.2, 0.25) is 0 Å². The van der Waals surface area contributed by atoms with Gasteiger partial charge in [-0.1, -0.05) is 48.3 Å². The Labute approximate surface area is 124 Å². The third-order valence-corrected chi connectivity index (χ3v) is 4.13. The van der Waals surface area contributed by atoms with Crippen molar-refractivity contribution in [2.24, 2.45) is 5.16 Å². The maximum absolute atomic E-state index is 12.2. The minimum Gasteiger partial charge on any atom is -0.391 e. The summed E-state index contributed by atoms with van der Waals surface area (Å²) in [6.45, 7) is 0. The SMILES string of the molecule is O=C(NC1CCCCC1O)C1CC(c2ccccc2)=NO1. The van der Waals surface area contributed by atoms with Gasteiger partial charge in [0.2, 0.25) is 6.10 Å². The second-order valence-electron chi connectivity index (χ2n) is 5.67. The minimum absolute atomic E-state index is 0.157. The van der Waals surface area contributed by atoms with Gasteiger partial charge in [0.25, 0.3) is 5.91 Å². The lowest BCUT2D eigenvalue weighted by Crippen LogP contribution is -2.48. The molecule has 112 valence electrons. The van der Waals surface area contributed by atoms with E-state index in [4.69, 9.17) is 4.84 Å². The van der Waals surface area contributed by atoms with Crippen molar-refractivity contribution in [3.63, 3.8) is 0 Å². The van der Waals surface area contributed by atoms with Gasteiger partial charge in [-0.25, -0.2) is 0 Å². The Hall–Kier alpha value is -1.88. The number of hydrogen-bond acceptors (Lipinski definition) is 4. The highest BCUT2D eigenvalue weighted by atomic mass is 16.6. The number of carbonyl (C=O) groups is 1. The van der Waals surface area contributed by atoms with Gasteiger partial charge in [-0.15, -0.1) is 0 Å². The summed E-state index contributed by atoms with van der Waals surface area (Å²) in [6.07, 6.45) is 3.08. The summed E-state index contributed by atoms with van der Waals surface area (Å²) in [5, 5.41) is 16.8. The van der Waals surface area contributed by atoms with Crippen molar-refractivity contribution < 1.29 is 14.7 Å². The molecular weight excluding hydrogens is 268 g/mol. The zero-order chi connectivity index (χ0) is 14.7. The number of benzene rings is 1. The zero-order valence-corrected chi connectivity index (χ0v) is 11.9. The first-order valence-electron chi connectivity index (χ1n) is 7.50. The van der Waals surface area contributed by atoms with Crippen LogP contribution in [0.15, 0.2) is 35.5 Å². The van der Waals surface area contributed by atoms with Crippen molar-refractivity contribution in [1.82, 2.24) is 5.32 Å². The fraction of sp³-hybridized carbons (Fsp3) is 0.500. The molecule has 3 unspecified atom stereocenters. The topological polar surface area (TPSA) is 70.9 Å². The molecule has 1 heterocycles. The Kier molecular flexibility index (Phi) is 4.20. The van der Waals surface area contributed by atoms with Gasteiger partial charge < -0.3 is 15.3 Å². The Morgan fingerprint density at radius 1 is 1.24 bits per heavy atom. The first-order chi connectivity index (χ1) is 10.2. The molecule has 1 aliphatic carbocycles. The molecule has 1 saturated carbocycles. The third-order valence-electron chi connectivity index (χ3n) is 4.13. The largest absolute Gasteiger partial charge is 0.391 e. The first-order valence-corrected chi connectivity index (χ1v) is 7.50. The number of aliphatic hydroxyl groups is 1. The fourth-order valence-corrected chi connectivity index (χ4v) is 2.87. The highest BCUT2D eigenvalue weighted by molar-refractivity contribution is 6.04. The molecule has 0 aromatic heterocycles. The van der Waals surface area contributed by atoms with Crippen molar-refractivity contribution >= 4 is 11.6 Å². The second kappa shape index (κ2) is 6.26. The van der Waals surface area contributed by atoms with Gasteiger partial charge in [0.05, 0.1) is 17.9 Å². The number of nitrogens with one attached hydrogen (secondary N) is 1. The lowest BCUT2D eigenvalue weighted by atomic mass is 9.92. The summed E-state index contributed by atoms with van der Waals surface area (Å²) in [4.78, 5) is 17.5. The van der Waals surface area contributed by atoms with Gasteiger partial charge >= 0.3 is 0 Å². The molecule has 2 N–H and O–H groups in total. The molecule has 21 heavy (non-hydrogen) atoms. The van der Waals surface area contributed by atoms with E-state index >= 15 is 0 Å². The molecular formula is C16H20N2O3. The number of carbonyl (C=O) groups excluding carboxylic acids is 1. The predicted octanol–water partition coefficient (Wildman–Crippen LogP) is 1.60. The Morgan fingerprint density at radius 2 is 2.00 bits per heavy atom. The highest BCUT2D eigenvalue weighted by Gasteiger charge is 2.32. The Balaban J connectivity index is 1.56. The predicted molar refractivity (Wildman–Crippen MR) is 78.9 cm³/mol. The van der Waals surface area contributed by atoms with Crippen LogP contribution in [0.5, 0.6) is 0 Å². The number of amides is 1. The zero-order valence-electron chi connectivity index (χ0n) is 11.9. The number of aliphatic hydroxyl groups excluding tert-OH is 1. The first kappa shape index (κ1) is 14.1. The third kappa shape index (κ3) is 3.24. The highest BCUT2D eigenvalue weighted by Crippen LogP contribution is 2.20. The summed E-state index contributed by atoms with van der Waals surface area (Å²) < 4.78 is 0. The molecule has 3 atom stereocenters. The van der Waals surface area contributed by atoms with Crippen molar-refractivity contribution in [2.45, 2.75) is 50.4 Å². The van der Waals surface area contributed by atoms with Gasteiger partial charge in [-0.05, 0) is 18.4 Å². The van der Waals surface area contributed by atoms with Crippen molar-refractivity contribution in [3.8, 4) is 0 Å². The average Bonchev–Trinajstić information content (AvgIpc) is 3.00.